The van der Waals surface area contributed by atoms with Crippen molar-refractivity contribution in [2.45, 2.75) is 45.6 Å². The zero-order chi connectivity index (χ0) is 14.7. The summed E-state index contributed by atoms with van der Waals surface area (Å²) in [6, 6.07) is -0.0647. The van der Waals surface area contributed by atoms with Crippen molar-refractivity contribution in [2.24, 2.45) is 11.8 Å². The van der Waals surface area contributed by atoms with E-state index in [0.717, 1.165) is 17.1 Å². The molecule has 1 aromatic rings. The maximum atomic E-state index is 12.2. The summed E-state index contributed by atoms with van der Waals surface area (Å²) in [7, 11) is 0. The molecule has 1 saturated carbocycles. The molecular weight excluding hydrogens is 276 g/mol. The van der Waals surface area contributed by atoms with Gasteiger partial charge >= 0.3 is 5.97 Å². The first-order valence-corrected chi connectivity index (χ1v) is 7.84. The number of thiazole rings is 1. The number of aromatic nitrogens is 1. The first-order valence-electron chi connectivity index (χ1n) is 6.96. The number of hydrogen-bond acceptors (Lipinski definition) is 4. The van der Waals surface area contributed by atoms with Crippen LogP contribution in [0.25, 0.3) is 0 Å². The van der Waals surface area contributed by atoms with Crippen molar-refractivity contribution in [1.29, 1.82) is 0 Å². The van der Waals surface area contributed by atoms with E-state index in [9.17, 15) is 9.59 Å². The summed E-state index contributed by atoms with van der Waals surface area (Å²) < 4.78 is 0. The molecule has 2 N–H and O–H groups in total. The van der Waals surface area contributed by atoms with Gasteiger partial charge in [-0.2, -0.15) is 0 Å². The van der Waals surface area contributed by atoms with Gasteiger partial charge in [-0.3, -0.25) is 9.59 Å². The van der Waals surface area contributed by atoms with Crippen LogP contribution in [0.3, 0.4) is 0 Å². The molecule has 1 fully saturated rings. The number of nitrogens with one attached hydrogen (secondary N) is 1. The van der Waals surface area contributed by atoms with Gasteiger partial charge in [0.05, 0.1) is 12.0 Å². The third kappa shape index (κ3) is 3.36. The van der Waals surface area contributed by atoms with Gasteiger partial charge in [-0.1, -0.05) is 6.92 Å². The first kappa shape index (κ1) is 15.0. The van der Waals surface area contributed by atoms with Crippen molar-refractivity contribution in [1.82, 2.24) is 10.3 Å². The summed E-state index contributed by atoms with van der Waals surface area (Å²) in [4.78, 5) is 27.6. The molecule has 1 aliphatic rings. The highest BCUT2D eigenvalue weighted by molar-refractivity contribution is 7.09. The van der Waals surface area contributed by atoms with E-state index in [2.05, 4.69) is 10.3 Å². The molecule has 1 heterocycles. The molecule has 0 aromatic carbocycles. The summed E-state index contributed by atoms with van der Waals surface area (Å²) in [6.07, 6.45) is 2.50. The molecule has 110 valence electrons. The van der Waals surface area contributed by atoms with E-state index in [0.29, 0.717) is 19.3 Å². The third-order valence-corrected chi connectivity index (χ3v) is 4.89. The van der Waals surface area contributed by atoms with Crippen LogP contribution in [0.15, 0.2) is 5.38 Å². The summed E-state index contributed by atoms with van der Waals surface area (Å²) in [5, 5.41) is 14.9. The van der Waals surface area contributed by atoms with Crippen molar-refractivity contribution in [2.75, 3.05) is 0 Å². The summed E-state index contributed by atoms with van der Waals surface area (Å²) in [5.41, 5.74) is 0.963. The fourth-order valence-corrected chi connectivity index (χ4v) is 3.53. The van der Waals surface area contributed by atoms with Crippen molar-refractivity contribution >= 4 is 23.2 Å². The van der Waals surface area contributed by atoms with Gasteiger partial charge in [-0.05, 0) is 32.6 Å². The van der Waals surface area contributed by atoms with Crippen molar-refractivity contribution < 1.29 is 14.7 Å². The third-order valence-electron chi connectivity index (χ3n) is 3.81. The average molecular weight is 296 g/mol. The number of aliphatic carboxylic acids is 1. The largest absolute Gasteiger partial charge is 0.481 e. The van der Waals surface area contributed by atoms with E-state index in [1.165, 1.54) is 0 Å². The van der Waals surface area contributed by atoms with Crippen LogP contribution in [0.4, 0.5) is 0 Å². The maximum Gasteiger partial charge on any atom is 0.306 e. The second-order valence-corrected chi connectivity index (χ2v) is 6.23. The van der Waals surface area contributed by atoms with Gasteiger partial charge in [0, 0.05) is 17.0 Å². The predicted octanol–water partition coefficient (Wildman–Crippen LogP) is 2.52. The summed E-state index contributed by atoms with van der Waals surface area (Å²) in [5.74, 6) is -1.37. The lowest BCUT2D eigenvalue weighted by molar-refractivity contribution is -0.141. The SMILES string of the molecule is CCC(NC(=O)[C@@H]1CC[C@H](C(=O)O)C1)c1nc(C)cs1. The van der Waals surface area contributed by atoms with Gasteiger partial charge in [0.1, 0.15) is 5.01 Å². The highest BCUT2D eigenvalue weighted by Gasteiger charge is 2.34. The number of carbonyl (C=O) groups excluding carboxylic acids is 1. The van der Waals surface area contributed by atoms with Crippen LogP contribution >= 0.6 is 11.3 Å². The van der Waals surface area contributed by atoms with Gasteiger partial charge in [0.2, 0.25) is 5.91 Å². The smallest absolute Gasteiger partial charge is 0.306 e. The number of aryl methyl sites for hydroxylation is 1. The Balaban J connectivity index is 1.95. The molecule has 0 aliphatic heterocycles. The number of nitrogens with zero attached hydrogens (tertiary/aromatic N) is 1. The van der Waals surface area contributed by atoms with Crippen LogP contribution in [-0.2, 0) is 9.59 Å². The molecule has 3 atom stereocenters. The molecule has 0 saturated heterocycles. The molecule has 5 nitrogen and oxygen atoms in total. The molecule has 0 bridgehead atoms. The normalized spacial score (nSPS) is 23.5. The van der Waals surface area contributed by atoms with Crippen molar-refractivity contribution in [3.05, 3.63) is 16.1 Å². The fourth-order valence-electron chi connectivity index (χ4n) is 2.60. The van der Waals surface area contributed by atoms with Gasteiger partial charge in [0.15, 0.2) is 0 Å². The molecule has 2 rings (SSSR count). The van der Waals surface area contributed by atoms with E-state index in [4.69, 9.17) is 5.11 Å². The fraction of sp³-hybridized carbons (Fsp3) is 0.643. The number of carboxylic acids is 1. The van der Waals surface area contributed by atoms with Crippen LogP contribution < -0.4 is 5.32 Å². The Morgan fingerprint density at radius 1 is 1.50 bits per heavy atom. The van der Waals surface area contributed by atoms with Crippen LogP contribution in [-0.4, -0.2) is 22.0 Å². The zero-order valence-electron chi connectivity index (χ0n) is 11.8. The number of amides is 1. The monoisotopic (exact) mass is 296 g/mol. The van der Waals surface area contributed by atoms with Crippen LogP contribution in [0.1, 0.15) is 49.4 Å². The lowest BCUT2D eigenvalue weighted by Gasteiger charge is -2.17. The van der Waals surface area contributed by atoms with Crippen LogP contribution in [0.5, 0.6) is 0 Å². The molecular formula is C14H20N2O3S. The second-order valence-electron chi connectivity index (χ2n) is 5.34. The lowest BCUT2D eigenvalue weighted by Crippen LogP contribution is -2.33. The van der Waals surface area contributed by atoms with E-state index in [1.807, 2.05) is 19.2 Å². The van der Waals surface area contributed by atoms with E-state index >= 15 is 0 Å². The number of carbonyl (C=O) groups is 2. The number of carboxylic acid groups (broad SMARTS) is 1. The lowest BCUT2D eigenvalue weighted by atomic mass is 10.0. The van der Waals surface area contributed by atoms with E-state index in [1.54, 1.807) is 11.3 Å². The highest BCUT2D eigenvalue weighted by Crippen LogP contribution is 2.32. The number of hydrogen-bond donors (Lipinski definition) is 2. The molecule has 6 heteroatoms. The highest BCUT2D eigenvalue weighted by atomic mass is 32.1. The summed E-state index contributed by atoms with van der Waals surface area (Å²) in [6.45, 7) is 3.94. The maximum absolute atomic E-state index is 12.2. The minimum absolute atomic E-state index is 0.0338. The molecule has 1 amide bonds. The first-order chi connectivity index (χ1) is 9.51. The molecule has 1 aliphatic carbocycles. The Hall–Kier alpha value is -1.43. The molecule has 20 heavy (non-hydrogen) atoms. The van der Waals surface area contributed by atoms with Gasteiger partial charge in [-0.15, -0.1) is 11.3 Å². The molecule has 0 spiro atoms. The van der Waals surface area contributed by atoms with Gasteiger partial charge in [-0.25, -0.2) is 4.98 Å². The minimum Gasteiger partial charge on any atom is -0.481 e. The van der Waals surface area contributed by atoms with E-state index < -0.39 is 5.97 Å². The van der Waals surface area contributed by atoms with Crippen molar-refractivity contribution in [3.8, 4) is 0 Å². The topological polar surface area (TPSA) is 79.3 Å². The molecule has 1 aromatic heterocycles. The second kappa shape index (κ2) is 6.35. The molecule has 1 unspecified atom stereocenters. The quantitative estimate of drug-likeness (QED) is 0.875. The Bertz CT molecular complexity index is 500. The average Bonchev–Trinajstić information content (AvgIpc) is 3.04. The Labute approximate surface area is 122 Å². The van der Waals surface area contributed by atoms with Gasteiger partial charge in [0.25, 0.3) is 0 Å². The predicted molar refractivity (Wildman–Crippen MR) is 76.5 cm³/mol. The Kier molecular flexibility index (Phi) is 4.75. The number of rotatable bonds is 5. The Morgan fingerprint density at radius 3 is 2.70 bits per heavy atom. The Morgan fingerprint density at radius 2 is 2.20 bits per heavy atom. The van der Waals surface area contributed by atoms with Crippen LogP contribution in [0, 0.1) is 18.8 Å². The molecule has 0 radical (unpaired) electrons. The summed E-state index contributed by atoms with van der Waals surface area (Å²) >= 11 is 1.55. The van der Waals surface area contributed by atoms with Crippen molar-refractivity contribution in [3.63, 3.8) is 0 Å². The van der Waals surface area contributed by atoms with Gasteiger partial charge < -0.3 is 10.4 Å². The van der Waals surface area contributed by atoms with E-state index in [-0.39, 0.29) is 23.8 Å². The zero-order valence-corrected chi connectivity index (χ0v) is 12.6. The standard InChI is InChI=1S/C14H20N2O3S/c1-3-11(13-15-8(2)7-20-13)16-12(17)9-4-5-10(6-9)14(18)19/h7,9-11H,3-6H2,1-2H3,(H,16,17)(H,18,19)/t9-,10+,11?/m1/s1. The van der Waals surface area contributed by atoms with Crippen LogP contribution in [0.2, 0.25) is 0 Å². The minimum atomic E-state index is -0.789.